The quantitative estimate of drug-likeness (QED) is 0.744. The molecule has 2 aromatic rings. The maximum absolute atomic E-state index is 4.16. The summed E-state index contributed by atoms with van der Waals surface area (Å²) in [5.74, 6) is 0.852. The first-order chi connectivity index (χ1) is 7.36. The third-order valence-corrected chi connectivity index (χ3v) is 2.20. The Bertz CT molecular complexity index is 428. The highest BCUT2D eigenvalue weighted by Crippen LogP contribution is 2.05. The van der Waals surface area contributed by atoms with Crippen LogP contribution >= 0.6 is 0 Å². The first kappa shape index (κ1) is 9.71. The summed E-state index contributed by atoms with van der Waals surface area (Å²) >= 11 is 0. The van der Waals surface area contributed by atoms with Gasteiger partial charge in [-0.15, -0.1) is 0 Å². The van der Waals surface area contributed by atoms with Crippen LogP contribution in [0.2, 0.25) is 0 Å². The minimum absolute atomic E-state index is 0.815. The van der Waals surface area contributed by atoms with E-state index in [9.17, 15) is 0 Å². The Morgan fingerprint density at radius 3 is 2.73 bits per heavy atom. The van der Waals surface area contributed by atoms with E-state index < -0.39 is 0 Å². The molecule has 0 fully saturated rings. The molecule has 0 amide bonds. The lowest BCUT2D eigenvalue weighted by Gasteiger charge is -2.02. The smallest absolute Gasteiger partial charge is 0.197 e. The Hall–Kier alpha value is -1.84. The summed E-state index contributed by atoms with van der Waals surface area (Å²) < 4.78 is 0. The van der Waals surface area contributed by atoms with Gasteiger partial charge in [0.25, 0.3) is 0 Å². The van der Waals surface area contributed by atoms with Crippen molar-refractivity contribution < 1.29 is 0 Å². The summed E-state index contributed by atoms with van der Waals surface area (Å²) in [6.45, 7) is 1.96. The number of hydrogen-bond acceptors (Lipinski definition) is 4. The Labute approximate surface area is 88.5 Å². The lowest BCUT2D eigenvalue weighted by atomic mass is 10.1. The molecule has 15 heavy (non-hydrogen) atoms. The van der Waals surface area contributed by atoms with Crippen molar-refractivity contribution in [2.24, 2.45) is 0 Å². The molecular weight excluding hydrogens is 188 g/mol. The third kappa shape index (κ3) is 2.56. The second-order valence-electron chi connectivity index (χ2n) is 3.25. The summed E-state index contributed by atoms with van der Waals surface area (Å²) in [5.41, 5.74) is 2.10. The molecule has 2 rings (SSSR count). The van der Waals surface area contributed by atoms with Crippen LogP contribution in [0.4, 0.5) is 0 Å². The fourth-order valence-corrected chi connectivity index (χ4v) is 1.33. The first-order valence-electron chi connectivity index (χ1n) is 4.81. The maximum Gasteiger partial charge on any atom is 0.197 e. The molecule has 0 saturated carbocycles. The Morgan fingerprint density at radius 2 is 2.00 bits per heavy atom. The van der Waals surface area contributed by atoms with Gasteiger partial charge in [-0.1, -0.05) is 0 Å². The minimum Gasteiger partial charge on any atom is -0.241 e. The number of hydrogen-bond donors (Lipinski definition) is 0. The average molecular weight is 199 g/mol. The summed E-state index contributed by atoms with van der Waals surface area (Å²) in [4.78, 5) is 16.2. The van der Waals surface area contributed by atoms with Gasteiger partial charge in [-0.25, -0.2) is 19.9 Å². The van der Waals surface area contributed by atoms with Gasteiger partial charge in [-0.3, -0.25) is 0 Å². The van der Waals surface area contributed by atoms with Crippen molar-refractivity contribution in [3.63, 3.8) is 0 Å². The van der Waals surface area contributed by atoms with Crippen LogP contribution in [0.1, 0.15) is 17.1 Å². The molecule has 0 bridgehead atoms. The number of nitrogens with zero attached hydrogens (tertiary/aromatic N) is 4. The molecule has 1 radical (unpaired) electrons. The van der Waals surface area contributed by atoms with Crippen molar-refractivity contribution in [1.82, 2.24) is 19.9 Å². The van der Waals surface area contributed by atoms with Gasteiger partial charge in [0, 0.05) is 30.7 Å². The van der Waals surface area contributed by atoms with E-state index in [4.69, 9.17) is 0 Å². The molecule has 0 aliphatic heterocycles. The molecule has 75 valence electrons. The van der Waals surface area contributed by atoms with Crippen LogP contribution in [0.25, 0.3) is 0 Å². The second kappa shape index (κ2) is 4.59. The van der Waals surface area contributed by atoms with E-state index in [1.807, 2.05) is 13.0 Å². The molecule has 0 aliphatic rings. The van der Waals surface area contributed by atoms with Crippen molar-refractivity contribution >= 4 is 0 Å². The van der Waals surface area contributed by atoms with E-state index in [1.54, 1.807) is 18.6 Å². The zero-order valence-electron chi connectivity index (χ0n) is 8.51. The highest BCUT2D eigenvalue weighted by atomic mass is 14.9. The van der Waals surface area contributed by atoms with E-state index in [-0.39, 0.29) is 0 Å². The standard InChI is InChI=1S/C11H11N4/c1-9-10(7-12-8-15-9)3-4-11-13-5-2-6-14-11/h2,5-7H,3-4H2,1H3. The van der Waals surface area contributed by atoms with Crippen molar-refractivity contribution in [3.05, 3.63) is 48.1 Å². The topological polar surface area (TPSA) is 51.6 Å². The number of aryl methyl sites for hydroxylation is 3. The molecule has 2 aromatic heterocycles. The SMILES string of the molecule is Cc1n[c]ncc1CCc1ncccn1. The highest BCUT2D eigenvalue weighted by Gasteiger charge is 2.01. The van der Waals surface area contributed by atoms with Gasteiger partial charge in [0.1, 0.15) is 5.82 Å². The van der Waals surface area contributed by atoms with Crippen LogP contribution in [0.15, 0.2) is 24.7 Å². The van der Waals surface area contributed by atoms with E-state index in [0.717, 1.165) is 29.9 Å². The molecule has 0 aromatic carbocycles. The fraction of sp³-hybridized carbons (Fsp3) is 0.273. The summed E-state index contributed by atoms with van der Waals surface area (Å²) in [5, 5.41) is 0. The van der Waals surface area contributed by atoms with Gasteiger partial charge in [0.15, 0.2) is 6.33 Å². The summed E-state index contributed by atoms with van der Waals surface area (Å²) in [6, 6.07) is 1.81. The first-order valence-corrected chi connectivity index (χ1v) is 4.81. The normalized spacial score (nSPS) is 10.2. The van der Waals surface area contributed by atoms with Gasteiger partial charge >= 0.3 is 0 Å². The molecular formula is C11H11N4. The van der Waals surface area contributed by atoms with Crippen molar-refractivity contribution in [1.29, 1.82) is 0 Å². The number of aromatic nitrogens is 4. The molecule has 0 atom stereocenters. The van der Waals surface area contributed by atoms with Crippen molar-refractivity contribution in [2.75, 3.05) is 0 Å². The fourth-order valence-electron chi connectivity index (χ4n) is 1.33. The van der Waals surface area contributed by atoms with E-state index in [2.05, 4.69) is 26.3 Å². The van der Waals surface area contributed by atoms with E-state index >= 15 is 0 Å². The lowest BCUT2D eigenvalue weighted by Crippen LogP contribution is -2.00. The van der Waals surface area contributed by atoms with Crippen LogP contribution in [-0.2, 0) is 12.8 Å². The summed E-state index contributed by atoms with van der Waals surface area (Å²) in [6.07, 6.45) is 9.55. The molecule has 0 N–H and O–H groups in total. The van der Waals surface area contributed by atoms with Crippen LogP contribution in [0.3, 0.4) is 0 Å². The minimum atomic E-state index is 0.815. The predicted octanol–water partition coefficient (Wildman–Crippen LogP) is 1.16. The van der Waals surface area contributed by atoms with Gasteiger partial charge < -0.3 is 0 Å². The molecule has 0 aliphatic carbocycles. The molecule has 4 nitrogen and oxygen atoms in total. The van der Waals surface area contributed by atoms with Crippen molar-refractivity contribution in [3.8, 4) is 0 Å². The van der Waals surface area contributed by atoms with Gasteiger partial charge in [-0.2, -0.15) is 0 Å². The van der Waals surface area contributed by atoms with E-state index in [0.29, 0.717) is 0 Å². The third-order valence-electron chi connectivity index (χ3n) is 2.20. The molecule has 0 unspecified atom stereocenters. The largest absolute Gasteiger partial charge is 0.241 e. The zero-order chi connectivity index (χ0) is 10.5. The van der Waals surface area contributed by atoms with Gasteiger partial charge in [0.05, 0.1) is 0 Å². The van der Waals surface area contributed by atoms with Crippen molar-refractivity contribution in [2.45, 2.75) is 19.8 Å². The maximum atomic E-state index is 4.16. The summed E-state index contributed by atoms with van der Waals surface area (Å²) in [7, 11) is 0. The van der Waals surface area contributed by atoms with Crippen LogP contribution in [-0.4, -0.2) is 19.9 Å². The molecule has 2 heterocycles. The van der Waals surface area contributed by atoms with E-state index in [1.165, 1.54) is 0 Å². The number of rotatable bonds is 3. The Morgan fingerprint density at radius 1 is 1.20 bits per heavy atom. The highest BCUT2D eigenvalue weighted by molar-refractivity contribution is 5.14. The van der Waals surface area contributed by atoms with Crippen LogP contribution < -0.4 is 0 Å². The van der Waals surface area contributed by atoms with Crippen LogP contribution in [0.5, 0.6) is 0 Å². The molecule has 0 spiro atoms. The average Bonchev–Trinajstić information content (AvgIpc) is 2.29. The zero-order valence-corrected chi connectivity index (χ0v) is 8.51. The van der Waals surface area contributed by atoms with Gasteiger partial charge in [0.2, 0.25) is 0 Å². The monoisotopic (exact) mass is 199 g/mol. The molecule has 0 saturated heterocycles. The predicted molar refractivity (Wildman–Crippen MR) is 55.0 cm³/mol. The Balaban J connectivity index is 2.03. The second-order valence-corrected chi connectivity index (χ2v) is 3.25. The Kier molecular flexibility index (Phi) is 2.97. The lowest BCUT2D eigenvalue weighted by molar-refractivity contribution is 0.837. The molecule has 4 heteroatoms. The van der Waals surface area contributed by atoms with Gasteiger partial charge in [-0.05, 0) is 25.0 Å². The van der Waals surface area contributed by atoms with Crippen LogP contribution in [0, 0.1) is 13.3 Å².